The Balaban J connectivity index is 1.96. The summed E-state index contributed by atoms with van der Waals surface area (Å²) in [5.74, 6) is -0.293. The monoisotopic (exact) mass is 379 g/mol. The summed E-state index contributed by atoms with van der Waals surface area (Å²) in [6.45, 7) is 1.99. The van der Waals surface area contributed by atoms with Gasteiger partial charge in [-0.3, -0.25) is 9.59 Å². The lowest BCUT2D eigenvalue weighted by Crippen LogP contribution is -2.25. The fourth-order valence-electron chi connectivity index (χ4n) is 3.65. The maximum atomic E-state index is 13.2. The highest BCUT2D eigenvalue weighted by Crippen LogP contribution is 2.30. The molecule has 29 heavy (non-hydrogen) atoms. The van der Waals surface area contributed by atoms with E-state index < -0.39 is 0 Å². The third-order valence-electron chi connectivity index (χ3n) is 5.21. The molecule has 0 atom stereocenters. The number of benzene rings is 3. The van der Waals surface area contributed by atoms with E-state index in [1.165, 1.54) is 6.08 Å². The van der Waals surface area contributed by atoms with Gasteiger partial charge in [-0.25, -0.2) is 0 Å². The molecule has 0 aliphatic carbocycles. The smallest absolute Gasteiger partial charge is 0.262 e. The molecule has 4 rings (SSSR count). The molecule has 4 aromatic rings. The van der Waals surface area contributed by atoms with Crippen LogP contribution in [0.3, 0.4) is 0 Å². The number of allylic oxidation sites excluding steroid dienone is 1. The number of fused-ring (bicyclic) bond motifs is 1. The van der Waals surface area contributed by atoms with Crippen molar-refractivity contribution in [1.82, 2.24) is 4.57 Å². The van der Waals surface area contributed by atoms with Crippen LogP contribution in [0.1, 0.15) is 21.5 Å². The van der Waals surface area contributed by atoms with E-state index in [-0.39, 0.29) is 16.9 Å². The number of aryl methyl sites for hydroxylation is 2. The summed E-state index contributed by atoms with van der Waals surface area (Å²) in [7, 11) is 1.71. The average molecular weight is 379 g/mol. The van der Waals surface area contributed by atoms with Crippen LogP contribution >= 0.6 is 0 Å². The normalized spacial score (nSPS) is 11.2. The molecule has 0 aliphatic rings. The highest BCUT2D eigenvalue weighted by atomic mass is 16.1. The standard InChI is InChI=1S/C26H21NO2/c1-18-10-6-7-11-19(18)16-17-23(28)25-24(20-12-4-3-5-13-20)21-14-8-9-15-22(21)27(2)26(25)29/h3-17H,1-2H3/b17-16+. The predicted molar refractivity (Wildman–Crippen MR) is 119 cm³/mol. The lowest BCUT2D eigenvalue weighted by Gasteiger charge is -2.14. The largest absolute Gasteiger partial charge is 0.311 e. The molecule has 0 radical (unpaired) electrons. The summed E-state index contributed by atoms with van der Waals surface area (Å²) in [5, 5.41) is 0.883. The van der Waals surface area contributed by atoms with Crippen molar-refractivity contribution in [2.45, 2.75) is 6.92 Å². The summed E-state index contributed by atoms with van der Waals surface area (Å²) in [6.07, 6.45) is 3.28. The van der Waals surface area contributed by atoms with Gasteiger partial charge in [0.1, 0.15) is 0 Å². The van der Waals surface area contributed by atoms with Crippen molar-refractivity contribution in [2.24, 2.45) is 7.05 Å². The van der Waals surface area contributed by atoms with Crippen LogP contribution in [-0.4, -0.2) is 10.4 Å². The zero-order chi connectivity index (χ0) is 20.4. The molecule has 0 unspecified atom stereocenters. The van der Waals surface area contributed by atoms with Crippen molar-refractivity contribution >= 4 is 22.8 Å². The van der Waals surface area contributed by atoms with Crippen LogP contribution < -0.4 is 5.56 Å². The molecule has 0 saturated carbocycles. The zero-order valence-corrected chi connectivity index (χ0v) is 16.4. The Bertz CT molecular complexity index is 1300. The van der Waals surface area contributed by atoms with Gasteiger partial charge in [0.15, 0.2) is 5.78 Å². The molecule has 0 fully saturated rings. The number of nitrogens with zero attached hydrogens (tertiary/aromatic N) is 1. The van der Waals surface area contributed by atoms with Crippen molar-refractivity contribution in [3.05, 3.63) is 112 Å². The fraction of sp³-hybridized carbons (Fsp3) is 0.0769. The highest BCUT2D eigenvalue weighted by molar-refractivity contribution is 6.15. The van der Waals surface area contributed by atoms with E-state index >= 15 is 0 Å². The van der Waals surface area contributed by atoms with Gasteiger partial charge in [0.2, 0.25) is 0 Å². The molecule has 3 nitrogen and oxygen atoms in total. The van der Waals surface area contributed by atoms with Gasteiger partial charge in [0.25, 0.3) is 5.56 Å². The number of para-hydroxylation sites is 1. The van der Waals surface area contributed by atoms with Crippen molar-refractivity contribution < 1.29 is 4.79 Å². The topological polar surface area (TPSA) is 39.1 Å². The van der Waals surface area contributed by atoms with Crippen LogP contribution in [0.2, 0.25) is 0 Å². The van der Waals surface area contributed by atoms with Crippen LogP contribution in [0.15, 0.2) is 89.7 Å². The number of carbonyl (C=O) groups excluding carboxylic acids is 1. The van der Waals surface area contributed by atoms with E-state index in [1.807, 2.05) is 85.8 Å². The van der Waals surface area contributed by atoms with Gasteiger partial charge >= 0.3 is 0 Å². The quantitative estimate of drug-likeness (QED) is 0.351. The summed E-state index contributed by atoms with van der Waals surface area (Å²) >= 11 is 0. The minimum absolute atomic E-state index is 0.197. The zero-order valence-electron chi connectivity index (χ0n) is 16.4. The Morgan fingerprint density at radius 1 is 0.862 bits per heavy atom. The number of hydrogen-bond acceptors (Lipinski definition) is 2. The number of rotatable bonds is 4. The van der Waals surface area contributed by atoms with Gasteiger partial charge in [-0.15, -0.1) is 0 Å². The van der Waals surface area contributed by atoms with Gasteiger partial charge in [0, 0.05) is 18.0 Å². The van der Waals surface area contributed by atoms with Crippen molar-refractivity contribution in [2.75, 3.05) is 0 Å². The summed E-state index contributed by atoms with van der Waals surface area (Å²) in [4.78, 5) is 26.4. The predicted octanol–water partition coefficient (Wildman–Crippen LogP) is 5.41. The Morgan fingerprint density at radius 2 is 1.52 bits per heavy atom. The second-order valence-corrected chi connectivity index (χ2v) is 7.05. The van der Waals surface area contributed by atoms with E-state index in [0.717, 1.165) is 27.6 Å². The van der Waals surface area contributed by atoms with Gasteiger partial charge in [-0.1, -0.05) is 78.9 Å². The van der Waals surface area contributed by atoms with Gasteiger partial charge in [-0.2, -0.15) is 0 Å². The molecule has 0 saturated heterocycles. The molecular weight excluding hydrogens is 358 g/mol. The molecule has 0 N–H and O–H groups in total. The first-order valence-electron chi connectivity index (χ1n) is 9.53. The second-order valence-electron chi connectivity index (χ2n) is 7.05. The van der Waals surface area contributed by atoms with Crippen LogP contribution in [0, 0.1) is 6.92 Å². The molecule has 1 aromatic heterocycles. The Labute approximate surface area is 169 Å². The lowest BCUT2D eigenvalue weighted by molar-refractivity contribution is 0.104. The maximum absolute atomic E-state index is 13.2. The van der Waals surface area contributed by atoms with Crippen LogP contribution in [0.4, 0.5) is 0 Å². The number of ketones is 1. The number of hydrogen-bond donors (Lipinski definition) is 0. The van der Waals surface area contributed by atoms with E-state index in [4.69, 9.17) is 0 Å². The van der Waals surface area contributed by atoms with E-state index in [2.05, 4.69) is 0 Å². The van der Waals surface area contributed by atoms with Crippen molar-refractivity contribution in [1.29, 1.82) is 0 Å². The van der Waals surface area contributed by atoms with E-state index in [9.17, 15) is 9.59 Å². The minimum Gasteiger partial charge on any atom is -0.311 e. The summed E-state index contributed by atoms with van der Waals surface area (Å²) < 4.78 is 1.55. The molecule has 3 heteroatoms. The maximum Gasteiger partial charge on any atom is 0.262 e. The molecular formula is C26H21NO2. The SMILES string of the molecule is Cc1ccccc1/C=C/C(=O)c1c(-c2ccccc2)c2ccccc2n(C)c1=O. The first kappa shape index (κ1) is 18.6. The second kappa shape index (κ2) is 7.72. The van der Waals surface area contributed by atoms with Gasteiger partial charge in [0.05, 0.1) is 11.1 Å². The Kier molecular flexibility index (Phi) is 4.96. The third-order valence-corrected chi connectivity index (χ3v) is 5.21. The van der Waals surface area contributed by atoms with Gasteiger partial charge in [-0.05, 0) is 35.8 Å². The number of carbonyl (C=O) groups is 1. The van der Waals surface area contributed by atoms with Crippen molar-refractivity contribution in [3.8, 4) is 11.1 Å². The molecule has 0 aliphatic heterocycles. The summed E-state index contributed by atoms with van der Waals surface area (Å²) in [6, 6.07) is 25.1. The van der Waals surface area contributed by atoms with E-state index in [1.54, 1.807) is 17.7 Å². The highest BCUT2D eigenvalue weighted by Gasteiger charge is 2.20. The first-order chi connectivity index (χ1) is 14.1. The third kappa shape index (κ3) is 3.43. The fourth-order valence-corrected chi connectivity index (χ4v) is 3.65. The molecule has 142 valence electrons. The van der Waals surface area contributed by atoms with Crippen LogP contribution in [0.25, 0.3) is 28.1 Å². The molecule has 0 spiro atoms. The van der Waals surface area contributed by atoms with Crippen LogP contribution in [0.5, 0.6) is 0 Å². The Morgan fingerprint density at radius 3 is 2.28 bits per heavy atom. The van der Waals surface area contributed by atoms with Gasteiger partial charge < -0.3 is 4.57 Å². The Hall–Kier alpha value is -3.72. The van der Waals surface area contributed by atoms with Crippen LogP contribution in [-0.2, 0) is 7.05 Å². The molecule has 0 amide bonds. The minimum atomic E-state index is -0.293. The van der Waals surface area contributed by atoms with E-state index in [0.29, 0.717) is 5.56 Å². The first-order valence-corrected chi connectivity index (χ1v) is 9.53. The molecule has 0 bridgehead atoms. The molecule has 3 aromatic carbocycles. The molecule has 1 heterocycles. The lowest BCUT2D eigenvalue weighted by atomic mass is 9.93. The van der Waals surface area contributed by atoms with Crippen molar-refractivity contribution in [3.63, 3.8) is 0 Å². The average Bonchev–Trinajstić information content (AvgIpc) is 2.76. The number of aromatic nitrogens is 1. The summed E-state index contributed by atoms with van der Waals surface area (Å²) in [5.41, 5.74) is 4.28. The number of pyridine rings is 1.